The van der Waals surface area contributed by atoms with Crippen LogP contribution in [0.15, 0.2) is 114 Å². The van der Waals surface area contributed by atoms with Gasteiger partial charge in [-0.2, -0.15) is 0 Å². The standard InChI is InChI=1S/C30H33.C22H25.2CH3.2ClH.H2Si.Zr/c1-20-16-24-18-23(21-8-12-25(13-9-21)29(2,3)4)19-28(27(24)17-20)22-10-14-26(15-11-22)30(5,6)7;1-15(2)18-13-17-7-6-8-20(21(17)14-18)16-9-11-19(12-10-16)22(3,4)5;;;;;;/h8-19H,1-7H3;6-15H,1-5H3;2*1H3;2*1H;1H2;. The molecule has 2 atom stereocenters. The molecule has 58 heavy (non-hydrogen) atoms. The summed E-state index contributed by atoms with van der Waals surface area (Å²) in [6.07, 6.45) is 5.20. The second kappa shape index (κ2) is 15.9. The first-order chi connectivity index (χ1) is 25.9. The number of fused-ring (bicyclic) bond motifs is 2. The van der Waals surface area contributed by atoms with Crippen LogP contribution in [0.3, 0.4) is 0 Å². The van der Waals surface area contributed by atoms with E-state index in [4.69, 9.17) is 0 Å². The summed E-state index contributed by atoms with van der Waals surface area (Å²) in [5, 5.41) is 0. The van der Waals surface area contributed by atoms with Crippen molar-refractivity contribution < 1.29 is 17.4 Å². The molecule has 5 aromatic carbocycles. The van der Waals surface area contributed by atoms with Crippen LogP contribution in [0.2, 0.25) is 9.26 Å². The molecular formula is C54H68Cl2SiZr. The van der Waals surface area contributed by atoms with Gasteiger partial charge in [0, 0.05) is 0 Å². The van der Waals surface area contributed by atoms with Gasteiger partial charge in [-0.15, -0.1) is 24.8 Å². The molecule has 0 spiro atoms. The molecule has 0 amide bonds. The quantitative estimate of drug-likeness (QED) is 0.149. The predicted molar refractivity (Wildman–Crippen MR) is 262 cm³/mol. The first-order valence-corrected chi connectivity index (χ1v) is 34.7. The second-order valence-corrected chi connectivity index (χ2v) is 52.3. The summed E-state index contributed by atoms with van der Waals surface area (Å²) in [6.45, 7) is 30.5. The minimum Gasteiger partial charge on any atom is -0.147 e. The monoisotopic (exact) mass is 904 g/mol. The molecule has 5 aromatic rings. The fraction of sp³-hybridized carbons (Fsp3) is 0.370. The second-order valence-electron chi connectivity index (χ2n) is 21.8. The average molecular weight is 907 g/mol. The van der Waals surface area contributed by atoms with Crippen molar-refractivity contribution in [1.29, 1.82) is 0 Å². The van der Waals surface area contributed by atoms with Gasteiger partial charge in [0.25, 0.3) is 0 Å². The first-order valence-electron chi connectivity index (χ1n) is 21.0. The third-order valence-electron chi connectivity index (χ3n) is 13.2. The van der Waals surface area contributed by atoms with Crippen molar-refractivity contribution in [3.8, 4) is 33.4 Å². The Morgan fingerprint density at radius 2 is 0.931 bits per heavy atom. The molecule has 0 saturated carbocycles. The molecule has 4 heteroatoms. The van der Waals surface area contributed by atoms with Crippen LogP contribution in [0.1, 0.15) is 129 Å². The van der Waals surface area contributed by atoms with Gasteiger partial charge in [0.05, 0.1) is 0 Å². The van der Waals surface area contributed by atoms with Crippen LogP contribution in [0, 0.1) is 5.92 Å². The number of allylic oxidation sites excluding steroid dienone is 2. The number of hydrogen-bond acceptors (Lipinski definition) is 0. The molecule has 0 saturated heterocycles. The Morgan fingerprint density at radius 3 is 1.38 bits per heavy atom. The number of halogens is 2. The van der Waals surface area contributed by atoms with Gasteiger partial charge in [-0.1, -0.05) is 0 Å². The Morgan fingerprint density at radius 1 is 0.500 bits per heavy atom. The van der Waals surface area contributed by atoms with E-state index >= 15 is 0 Å². The van der Waals surface area contributed by atoms with Crippen molar-refractivity contribution in [3.05, 3.63) is 153 Å². The van der Waals surface area contributed by atoms with Crippen LogP contribution in [0.4, 0.5) is 0 Å². The summed E-state index contributed by atoms with van der Waals surface area (Å²) < 4.78 is 6.47. The third kappa shape index (κ3) is 8.44. The van der Waals surface area contributed by atoms with Crippen LogP contribution >= 0.6 is 24.8 Å². The molecule has 2 unspecified atom stereocenters. The van der Waals surface area contributed by atoms with E-state index in [1.807, 2.05) is 0 Å². The topological polar surface area (TPSA) is 0 Å². The fourth-order valence-corrected chi connectivity index (χ4v) is 30.7. The fourth-order valence-electron chi connectivity index (χ4n) is 10.2. The average Bonchev–Trinajstić information content (AvgIpc) is 3.70. The molecule has 0 radical (unpaired) electrons. The Bertz CT molecular complexity index is 2450. The number of rotatable bonds is 6. The molecular weight excluding hydrogens is 839 g/mol. The minimum atomic E-state index is -3.88. The summed E-state index contributed by atoms with van der Waals surface area (Å²) in [5.41, 5.74) is 21.7. The maximum Gasteiger partial charge on any atom is -0.147 e. The van der Waals surface area contributed by atoms with Crippen LogP contribution in [-0.4, -0.2) is 6.88 Å². The molecule has 0 fully saturated rings. The minimum absolute atomic E-state index is 0. The Balaban J connectivity index is 0.00000320. The molecule has 0 N–H and O–H groups in total. The Kier molecular flexibility index (Phi) is 12.7. The van der Waals surface area contributed by atoms with E-state index < -0.39 is 17.4 Å². The summed E-state index contributed by atoms with van der Waals surface area (Å²) in [6, 6.07) is 40.5. The first kappa shape index (κ1) is 46.3. The molecule has 7 rings (SSSR count). The maximum absolute atomic E-state index is 3.88. The van der Waals surface area contributed by atoms with Gasteiger partial charge >= 0.3 is 345 Å². The van der Waals surface area contributed by atoms with Gasteiger partial charge in [-0.25, -0.2) is 0 Å². The number of hydrogen-bond donors (Lipinski definition) is 0. The zero-order chi connectivity index (χ0) is 40.8. The van der Waals surface area contributed by atoms with Crippen LogP contribution in [0.5, 0.6) is 0 Å². The van der Waals surface area contributed by atoms with E-state index in [2.05, 4.69) is 215 Å². The smallest absolute Gasteiger partial charge is 0.147 e. The van der Waals surface area contributed by atoms with Gasteiger partial charge in [0.1, 0.15) is 0 Å². The molecule has 0 heterocycles. The maximum atomic E-state index is 2.79. The molecule has 0 bridgehead atoms. The summed E-state index contributed by atoms with van der Waals surface area (Å²) >= 11 is -3.88. The van der Waals surface area contributed by atoms with E-state index in [1.54, 1.807) is 22.3 Å². The molecule has 0 nitrogen and oxygen atoms in total. The molecule has 2 aliphatic carbocycles. The summed E-state index contributed by atoms with van der Waals surface area (Å²) in [5.74, 6) is 0.468. The van der Waals surface area contributed by atoms with Crippen molar-refractivity contribution in [2.24, 2.45) is 5.92 Å². The van der Waals surface area contributed by atoms with Gasteiger partial charge in [-0.05, 0) is 0 Å². The zero-order valence-corrected chi connectivity index (χ0v) is 43.2. The van der Waals surface area contributed by atoms with Crippen LogP contribution < -0.4 is 0 Å². The molecule has 0 aromatic heterocycles. The molecule has 0 aliphatic heterocycles. The van der Waals surface area contributed by atoms with Crippen molar-refractivity contribution in [1.82, 2.24) is 0 Å². The van der Waals surface area contributed by atoms with E-state index in [9.17, 15) is 0 Å². The largest absolute Gasteiger partial charge is 0.147 e. The molecule has 2 aliphatic rings. The molecule has 306 valence electrons. The van der Waals surface area contributed by atoms with E-state index in [-0.39, 0.29) is 41.1 Å². The predicted octanol–water partition coefficient (Wildman–Crippen LogP) is 16.0. The Hall–Kier alpha value is -2.74. The van der Waals surface area contributed by atoms with E-state index in [0.29, 0.717) is 13.2 Å². The summed E-state index contributed by atoms with van der Waals surface area (Å²) in [7, 11) is 0. The van der Waals surface area contributed by atoms with Crippen LogP contribution in [0.25, 0.3) is 45.5 Å². The third-order valence-corrected chi connectivity index (χ3v) is 30.8. The van der Waals surface area contributed by atoms with Gasteiger partial charge in [-0.3, -0.25) is 0 Å². The van der Waals surface area contributed by atoms with Gasteiger partial charge in [0.15, 0.2) is 0 Å². The van der Waals surface area contributed by atoms with E-state index in [0.717, 1.165) is 0 Å². The van der Waals surface area contributed by atoms with Crippen molar-refractivity contribution in [2.75, 3.05) is 0 Å². The Labute approximate surface area is 366 Å². The normalized spacial score (nSPS) is 16.9. The SMILES string of the molecule is CC1=Cc2c(-c3ccc(C(C)(C)C)cc3)cc(-c3ccc(C(C)(C)C)cc3)cc2[CH]1[Zr]([CH3])([CH3])(=[SiH2])[CH]1C(C(C)C)=Cc2c(-c3ccc(C(C)(C)C)cc3)cccc21.Cl.Cl. The van der Waals surface area contributed by atoms with Gasteiger partial charge in [0.2, 0.25) is 0 Å². The van der Waals surface area contributed by atoms with Gasteiger partial charge < -0.3 is 0 Å². The van der Waals surface area contributed by atoms with Crippen molar-refractivity contribution in [3.63, 3.8) is 0 Å². The number of benzene rings is 5. The zero-order valence-electron chi connectivity index (χ0n) is 37.7. The summed E-state index contributed by atoms with van der Waals surface area (Å²) in [4.78, 5) is 0. The van der Waals surface area contributed by atoms with Crippen molar-refractivity contribution in [2.45, 2.75) is 116 Å². The van der Waals surface area contributed by atoms with E-state index in [1.165, 1.54) is 61.2 Å². The van der Waals surface area contributed by atoms with Crippen LogP contribution in [-0.2, 0) is 33.6 Å². The van der Waals surface area contributed by atoms with Crippen molar-refractivity contribution >= 4 is 43.8 Å².